The lowest BCUT2D eigenvalue weighted by Crippen LogP contribution is -2.32. The fraction of sp³-hybridized carbons (Fsp3) is 0.250. The van der Waals surface area contributed by atoms with Crippen molar-refractivity contribution in [3.63, 3.8) is 0 Å². The summed E-state index contributed by atoms with van der Waals surface area (Å²) in [6, 6.07) is 20.9. The summed E-state index contributed by atoms with van der Waals surface area (Å²) in [5, 5.41) is 13.0. The monoisotopic (exact) mass is 555 g/mol. The smallest absolute Gasteiger partial charge is 0.382 e. The molecule has 0 aliphatic heterocycles. The van der Waals surface area contributed by atoms with Crippen LogP contribution in [0.4, 0.5) is 18.9 Å². The molecule has 1 saturated carbocycles. The third kappa shape index (κ3) is 5.69. The number of anilines is 1. The molecule has 3 aromatic carbocycles. The summed E-state index contributed by atoms with van der Waals surface area (Å²) >= 11 is -0.149. The van der Waals surface area contributed by atoms with Gasteiger partial charge in [-0.1, -0.05) is 18.2 Å². The summed E-state index contributed by atoms with van der Waals surface area (Å²) in [7, 11) is -3.50. The van der Waals surface area contributed by atoms with Gasteiger partial charge in [-0.25, -0.2) is 8.42 Å². The van der Waals surface area contributed by atoms with Gasteiger partial charge in [0, 0.05) is 33.7 Å². The second kappa shape index (κ2) is 10.4. The van der Waals surface area contributed by atoms with Crippen molar-refractivity contribution in [3.05, 3.63) is 78.5 Å². The summed E-state index contributed by atoms with van der Waals surface area (Å²) in [5.41, 5.74) is -0.413. The summed E-state index contributed by atoms with van der Waals surface area (Å²) < 4.78 is 64.2. The van der Waals surface area contributed by atoms with Gasteiger partial charge in [0.1, 0.15) is 6.07 Å². The molecule has 4 aromatic rings. The van der Waals surface area contributed by atoms with Gasteiger partial charge in [-0.3, -0.25) is 0 Å². The highest BCUT2D eigenvalue weighted by atomic mass is 32.2. The number of benzene rings is 3. The van der Waals surface area contributed by atoms with Crippen LogP contribution in [0.5, 0.6) is 0 Å². The van der Waals surface area contributed by atoms with Crippen LogP contribution in [-0.4, -0.2) is 30.2 Å². The molecule has 1 aliphatic rings. The van der Waals surface area contributed by atoms with E-state index in [4.69, 9.17) is 0 Å². The zero-order valence-electron chi connectivity index (χ0n) is 20.1. The number of aromatic nitrogens is 1. The van der Waals surface area contributed by atoms with Gasteiger partial charge in [-0.2, -0.15) is 18.4 Å². The van der Waals surface area contributed by atoms with Crippen molar-refractivity contribution in [2.24, 2.45) is 0 Å². The molecule has 0 radical (unpaired) electrons. The highest BCUT2D eigenvalue weighted by Gasteiger charge is 2.32. The number of H-pyrrole nitrogens is 1. The van der Waals surface area contributed by atoms with Crippen LogP contribution in [0.25, 0.3) is 22.0 Å². The first kappa shape index (κ1) is 26.2. The van der Waals surface area contributed by atoms with Gasteiger partial charge in [0.2, 0.25) is 0 Å². The molecule has 1 fully saturated rings. The zero-order valence-corrected chi connectivity index (χ0v) is 21.8. The summed E-state index contributed by atoms with van der Waals surface area (Å²) in [6.07, 6.45) is 3.98. The van der Waals surface area contributed by atoms with E-state index in [1.807, 2.05) is 18.2 Å². The van der Waals surface area contributed by atoms with E-state index in [9.17, 15) is 26.9 Å². The molecule has 38 heavy (non-hydrogen) atoms. The van der Waals surface area contributed by atoms with E-state index in [2.05, 4.69) is 16.4 Å². The Kier molecular flexibility index (Phi) is 7.16. The number of nitrogens with zero attached hydrogens (tertiary/aromatic N) is 1. The van der Waals surface area contributed by atoms with Crippen LogP contribution < -0.4 is 5.32 Å². The number of hydrogen-bond acceptors (Lipinski definition) is 5. The van der Waals surface area contributed by atoms with Gasteiger partial charge in [0.25, 0.3) is 0 Å². The third-order valence-electron chi connectivity index (χ3n) is 6.89. The number of hydrogen-bond donors (Lipinski definition) is 2. The first-order valence-corrected chi connectivity index (χ1v) is 14.5. The maximum Gasteiger partial charge on any atom is 0.446 e. The Labute approximate surface area is 223 Å². The second-order valence-electron chi connectivity index (χ2n) is 9.33. The highest BCUT2D eigenvalue weighted by molar-refractivity contribution is 8.00. The number of sulfone groups is 1. The number of nitrogens with one attached hydrogen (secondary N) is 2. The summed E-state index contributed by atoms with van der Waals surface area (Å²) in [4.78, 5) is 3.48. The van der Waals surface area contributed by atoms with Crippen LogP contribution in [0.15, 0.2) is 82.7 Å². The molecule has 1 aliphatic carbocycles. The highest BCUT2D eigenvalue weighted by Crippen LogP contribution is 2.37. The molecule has 0 bridgehead atoms. The standard InChI is InChI=1S/C28H24F3N3O2S2/c29-28(30,31)37-23-8-4-21(5-9-23)34-22-6-12-25(13-7-22)38(35,36)24-10-1-18(2-11-24)19-3-14-27-26(15-19)20(16-32)17-33-27/h1-5,8-11,14-15,17,22,25,33-34H,6-7,12-13H2/t22-,25-. The lowest BCUT2D eigenvalue weighted by atomic mass is 9.95. The fourth-order valence-electron chi connectivity index (χ4n) is 4.93. The van der Waals surface area contributed by atoms with E-state index in [1.165, 1.54) is 12.1 Å². The number of halogens is 3. The number of alkyl halides is 3. The quantitative estimate of drug-likeness (QED) is 0.241. The minimum absolute atomic E-state index is 0.0617. The molecular formula is C28H24F3N3O2S2. The van der Waals surface area contributed by atoms with Gasteiger partial charge in [0.05, 0.1) is 15.7 Å². The lowest BCUT2D eigenvalue weighted by molar-refractivity contribution is -0.0328. The van der Waals surface area contributed by atoms with Crippen molar-refractivity contribution in [3.8, 4) is 17.2 Å². The van der Waals surface area contributed by atoms with Gasteiger partial charge >= 0.3 is 5.51 Å². The summed E-state index contributed by atoms with van der Waals surface area (Å²) in [6.45, 7) is 0. The van der Waals surface area contributed by atoms with E-state index in [-0.39, 0.29) is 27.6 Å². The Morgan fingerprint density at radius 2 is 1.58 bits per heavy atom. The maximum absolute atomic E-state index is 13.3. The SMILES string of the molecule is N#Cc1c[nH]c2ccc(-c3ccc(S(=O)(=O)[C@H]4CC[C@H](Nc5ccc(SC(F)(F)F)cc5)CC4)cc3)cc12. The first-order valence-electron chi connectivity index (χ1n) is 12.1. The van der Waals surface area contributed by atoms with Crippen LogP contribution in [0.2, 0.25) is 0 Å². The van der Waals surface area contributed by atoms with Crippen molar-refractivity contribution < 1.29 is 21.6 Å². The molecule has 1 heterocycles. The molecule has 196 valence electrons. The van der Waals surface area contributed by atoms with Crippen molar-refractivity contribution >= 4 is 38.2 Å². The van der Waals surface area contributed by atoms with Crippen LogP contribution in [0, 0.1) is 11.3 Å². The lowest BCUT2D eigenvalue weighted by Gasteiger charge is -2.29. The zero-order chi connectivity index (χ0) is 26.9. The molecule has 1 aromatic heterocycles. The molecular weight excluding hydrogens is 531 g/mol. The van der Waals surface area contributed by atoms with E-state index in [0.717, 1.165) is 27.7 Å². The van der Waals surface area contributed by atoms with E-state index >= 15 is 0 Å². The number of thioether (sulfide) groups is 1. The number of fused-ring (bicyclic) bond motifs is 1. The fourth-order valence-corrected chi connectivity index (χ4v) is 7.26. The first-order chi connectivity index (χ1) is 18.1. The Morgan fingerprint density at radius 3 is 2.21 bits per heavy atom. The van der Waals surface area contributed by atoms with Gasteiger partial charge in [0.15, 0.2) is 9.84 Å². The second-order valence-corrected chi connectivity index (χ2v) is 12.7. The maximum atomic E-state index is 13.3. The van der Waals surface area contributed by atoms with Crippen LogP contribution >= 0.6 is 11.8 Å². The predicted molar refractivity (Wildman–Crippen MR) is 144 cm³/mol. The molecule has 0 amide bonds. The number of nitriles is 1. The summed E-state index contributed by atoms with van der Waals surface area (Å²) in [5.74, 6) is 0. The molecule has 0 spiro atoms. The molecule has 0 atom stereocenters. The van der Waals surface area contributed by atoms with Crippen LogP contribution in [0.3, 0.4) is 0 Å². The van der Waals surface area contributed by atoms with Crippen LogP contribution in [0.1, 0.15) is 31.2 Å². The molecule has 2 N–H and O–H groups in total. The molecule has 10 heteroatoms. The van der Waals surface area contributed by atoms with E-state index < -0.39 is 20.6 Å². The normalized spacial score (nSPS) is 18.3. The minimum atomic E-state index is -4.32. The Hall–Kier alpha value is -3.42. The molecule has 0 saturated heterocycles. The van der Waals surface area contributed by atoms with E-state index in [0.29, 0.717) is 31.2 Å². The molecule has 5 nitrogen and oxygen atoms in total. The molecule has 0 unspecified atom stereocenters. The van der Waals surface area contributed by atoms with Gasteiger partial charge in [-0.15, -0.1) is 0 Å². The topological polar surface area (TPSA) is 85.8 Å². The third-order valence-corrected chi connectivity index (χ3v) is 9.91. The average molecular weight is 556 g/mol. The predicted octanol–water partition coefficient (Wildman–Crippen LogP) is 7.52. The Balaban J connectivity index is 1.21. The molecule has 5 rings (SSSR count). The Morgan fingerprint density at radius 1 is 0.921 bits per heavy atom. The van der Waals surface area contributed by atoms with Crippen molar-refractivity contribution in [1.29, 1.82) is 5.26 Å². The van der Waals surface area contributed by atoms with Crippen molar-refractivity contribution in [1.82, 2.24) is 4.98 Å². The van der Waals surface area contributed by atoms with Crippen LogP contribution in [-0.2, 0) is 9.84 Å². The van der Waals surface area contributed by atoms with Crippen molar-refractivity contribution in [2.75, 3.05) is 5.32 Å². The van der Waals surface area contributed by atoms with Gasteiger partial charge < -0.3 is 10.3 Å². The largest absolute Gasteiger partial charge is 0.446 e. The average Bonchev–Trinajstić information content (AvgIpc) is 3.32. The van der Waals surface area contributed by atoms with E-state index in [1.54, 1.807) is 42.6 Å². The minimum Gasteiger partial charge on any atom is -0.382 e. The van der Waals surface area contributed by atoms with Gasteiger partial charge in [-0.05, 0) is 97.1 Å². The Bertz CT molecular complexity index is 1580. The number of rotatable bonds is 6. The van der Waals surface area contributed by atoms with Crippen molar-refractivity contribution in [2.45, 2.75) is 52.3 Å². The number of aromatic amines is 1.